The first kappa shape index (κ1) is 18.2. The van der Waals surface area contributed by atoms with Crippen molar-refractivity contribution in [2.24, 2.45) is 0 Å². The average Bonchev–Trinajstić information content (AvgIpc) is 3.09. The Morgan fingerprint density at radius 3 is 2.86 bits per heavy atom. The topological polar surface area (TPSA) is 86.5 Å². The summed E-state index contributed by atoms with van der Waals surface area (Å²) >= 11 is 0. The molecule has 0 spiro atoms. The van der Waals surface area contributed by atoms with Gasteiger partial charge in [0.15, 0.2) is 6.61 Å². The molecule has 0 bridgehead atoms. The van der Waals surface area contributed by atoms with E-state index >= 15 is 0 Å². The highest BCUT2D eigenvalue weighted by Gasteiger charge is 2.14. The van der Waals surface area contributed by atoms with Crippen LogP contribution >= 0.6 is 0 Å². The van der Waals surface area contributed by atoms with Crippen molar-refractivity contribution in [3.05, 3.63) is 65.0 Å². The lowest BCUT2D eigenvalue weighted by Crippen LogP contribution is -2.16. The highest BCUT2D eigenvalue weighted by molar-refractivity contribution is 5.89. The third-order valence-electron chi connectivity index (χ3n) is 4.69. The minimum absolute atomic E-state index is 0.142. The minimum atomic E-state index is -0.411. The summed E-state index contributed by atoms with van der Waals surface area (Å²) in [7, 11) is 1.34. The Morgan fingerprint density at radius 1 is 1.14 bits per heavy atom. The van der Waals surface area contributed by atoms with Crippen LogP contribution in [0, 0.1) is 0 Å². The Hall–Kier alpha value is -3.19. The Morgan fingerprint density at radius 2 is 2.00 bits per heavy atom. The Bertz CT molecular complexity index is 983. The fourth-order valence-electron chi connectivity index (χ4n) is 3.22. The second kappa shape index (κ2) is 8.22. The fourth-order valence-corrected chi connectivity index (χ4v) is 3.22. The van der Waals surface area contributed by atoms with Crippen molar-refractivity contribution in [3.63, 3.8) is 0 Å². The molecule has 144 valence electrons. The number of hydrogen-bond acceptors (Lipinski definition) is 7. The maximum atomic E-state index is 11.6. The number of nitrogens with zero attached hydrogens (tertiary/aromatic N) is 2. The largest absolute Gasteiger partial charge is 0.485 e. The lowest BCUT2D eigenvalue weighted by molar-refractivity contribution is 0.0600. The van der Waals surface area contributed by atoms with Gasteiger partial charge in [0, 0.05) is 5.56 Å². The van der Waals surface area contributed by atoms with E-state index in [-0.39, 0.29) is 6.61 Å². The van der Waals surface area contributed by atoms with Crippen LogP contribution in [0.3, 0.4) is 0 Å². The predicted octanol–water partition coefficient (Wildman–Crippen LogP) is 2.79. The van der Waals surface area contributed by atoms with Crippen LogP contribution in [0.2, 0.25) is 0 Å². The average molecular weight is 379 g/mol. The van der Waals surface area contributed by atoms with E-state index in [0.29, 0.717) is 23.0 Å². The van der Waals surface area contributed by atoms with E-state index in [9.17, 15) is 4.79 Å². The molecule has 28 heavy (non-hydrogen) atoms. The summed E-state index contributed by atoms with van der Waals surface area (Å²) < 4.78 is 15.8. The highest BCUT2D eigenvalue weighted by atomic mass is 16.5. The van der Waals surface area contributed by atoms with Gasteiger partial charge in [-0.05, 0) is 67.4 Å². The lowest BCUT2D eigenvalue weighted by Gasteiger charge is -2.06. The number of carbonyl (C=O) groups is 1. The van der Waals surface area contributed by atoms with Crippen molar-refractivity contribution in [1.29, 1.82) is 0 Å². The van der Waals surface area contributed by atoms with Crippen molar-refractivity contribution in [1.82, 2.24) is 15.5 Å². The van der Waals surface area contributed by atoms with E-state index < -0.39 is 5.97 Å². The molecule has 1 aliphatic rings. The van der Waals surface area contributed by atoms with Gasteiger partial charge in [-0.15, -0.1) is 0 Å². The van der Waals surface area contributed by atoms with Gasteiger partial charge in [-0.1, -0.05) is 17.3 Å². The number of methoxy groups -OCH3 is 1. The van der Waals surface area contributed by atoms with Gasteiger partial charge in [-0.3, -0.25) is 0 Å². The van der Waals surface area contributed by atoms with Crippen LogP contribution in [0.15, 0.2) is 47.0 Å². The zero-order chi connectivity index (χ0) is 19.3. The van der Waals surface area contributed by atoms with Gasteiger partial charge in [0.2, 0.25) is 5.82 Å². The van der Waals surface area contributed by atoms with E-state index in [0.717, 1.165) is 31.5 Å². The molecule has 1 N–H and O–H groups in total. The first-order valence-electron chi connectivity index (χ1n) is 9.19. The van der Waals surface area contributed by atoms with E-state index in [2.05, 4.69) is 27.6 Å². The molecule has 3 aromatic rings. The van der Waals surface area contributed by atoms with E-state index in [1.54, 1.807) is 24.3 Å². The number of hydrogen-bond donors (Lipinski definition) is 1. The molecule has 7 heteroatoms. The maximum Gasteiger partial charge on any atom is 0.337 e. The number of carbonyl (C=O) groups excluding carboxylic acids is 1. The Kier molecular flexibility index (Phi) is 5.34. The lowest BCUT2D eigenvalue weighted by atomic mass is 10.00. The molecule has 0 fully saturated rings. The van der Waals surface area contributed by atoms with Gasteiger partial charge in [0.1, 0.15) is 5.75 Å². The molecule has 0 saturated carbocycles. The molecule has 4 rings (SSSR count). The van der Waals surface area contributed by atoms with E-state index in [1.807, 2.05) is 6.07 Å². The number of nitrogens with one attached hydrogen (secondary N) is 1. The SMILES string of the molecule is COC(=O)c1cccc(OCc2noc(-c3ccc4c(c3)CCNCC4)n2)c1. The van der Waals surface area contributed by atoms with Crippen molar-refractivity contribution in [3.8, 4) is 17.2 Å². The zero-order valence-corrected chi connectivity index (χ0v) is 15.6. The summed E-state index contributed by atoms with van der Waals surface area (Å²) in [5.74, 6) is 1.04. The van der Waals surface area contributed by atoms with Crippen LogP contribution in [0.1, 0.15) is 27.3 Å². The third kappa shape index (κ3) is 4.04. The van der Waals surface area contributed by atoms with Gasteiger partial charge >= 0.3 is 5.97 Å². The molecular formula is C21H21N3O4. The fraction of sp³-hybridized carbons (Fsp3) is 0.286. The number of ether oxygens (including phenoxy) is 2. The van der Waals surface area contributed by atoms with Gasteiger partial charge in [-0.2, -0.15) is 4.98 Å². The molecule has 1 aliphatic heterocycles. The van der Waals surface area contributed by atoms with Crippen LogP contribution in [0.25, 0.3) is 11.5 Å². The molecule has 1 aromatic heterocycles. The van der Waals surface area contributed by atoms with Gasteiger partial charge < -0.3 is 19.3 Å². The molecular weight excluding hydrogens is 358 g/mol. The summed E-state index contributed by atoms with van der Waals surface area (Å²) in [6.07, 6.45) is 2.02. The summed E-state index contributed by atoms with van der Waals surface area (Å²) in [4.78, 5) is 16.0. The van der Waals surface area contributed by atoms with Crippen LogP contribution in [-0.4, -0.2) is 36.3 Å². The minimum Gasteiger partial charge on any atom is -0.485 e. The molecule has 0 aliphatic carbocycles. The van der Waals surface area contributed by atoms with Gasteiger partial charge in [0.25, 0.3) is 5.89 Å². The first-order chi connectivity index (χ1) is 13.7. The molecule has 2 aromatic carbocycles. The normalized spacial score (nSPS) is 13.5. The molecule has 0 radical (unpaired) electrons. The van der Waals surface area contributed by atoms with E-state index in [1.165, 1.54) is 18.2 Å². The van der Waals surface area contributed by atoms with Crippen LogP contribution in [-0.2, 0) is 24.2 Å². The van der Waals surface area contributed by atoms with Crippen LogP contribution < -0.4 is 10.1 Å². The van der Waals surface area contributed by atoms with Crippen molar-refractivity contribution in [2.45, 2.75) is 19.4 Å². The molecule has 0 saturated heterocycles. The summed E-state index contributed by atoms with van der Waals surface area (Å²) in [6, 6.07) is 13.0. The second-order valence-corrected chi connectivity index (χ2v) is 6.56. The van der Waals surface area contributed by atoms with Crippen molar-refractivity contribution >= 4 is 5.97 Å². The van der Waals surface area contributed by atoms with Crippen molar-refractivity contribution in [2.75, 3.05) is 20.2 Å². The molecule has 0 atom stereocenters. The molecule has 7 nitrogen and oxygen atoms in total. The quantitative estimate of drug-likeness (QED) is 0.682. The second-order valence-electron chi connectivity index (χ2n) is 6.56. The van der Waals surface area contributed by atoms with Crippen LogP contribution in [0.5, 0.6) is 5.75 Å². The van der Waals surface area contributed by atoms with Gasteiger partial charge in [-0.25, -0.2) is 4.79 Å². The standard InChI is InChI=1S/C21H21N3O4/c1-26-21(25)17-3-2-4-18(12-17)27-13-19-23-20(28-24-19)16-6-5-14-7-9-22-10-8-15(14)11-16/h2-6,11-12,22H,7-10,13H2,1H3. The smallest absolute Gasteiger partial charge is 0.337 e. The number of fused-ring (bicyclic) bond motifs is 1. The highest BCUT2D eigenvalue weighted by Crippen LogP contribution is 2.23. The Balaban J connectivity index is 1.45. The Labute approximate surface area is 162 Å². The first-order valence-corrected chi connectivity index (χ1v) is 9.19. The number of rotatable bonds is 5. The van der Waals surface area contributed by atoms with Crippen molar-refractivity contribution < 1.29 is 18.8 Å². The zero-order valence-electron chi connectivity index (χ0n) is 15.6. The van der Waals surface area contributed by atoms with E-state index in [4.69, 9.17) is 14.0 Å². The monoisotopic (exact) mass is 379 g/mol. The van der Waals surface area contributed by atoms with Crippen LogP contribution in [0.4, 0.5) is 0 Å². The number of aromatic nitrogens is 2. The summed E-state index contributed by atoms with van der Waals surface area (Å²) in [6.45, 7) is 2.12. The molecule has 0 amide bonds. The molecule has 0 unspecified atom stereocenters. The summed E-state index contributed by atoms with van der Waals surface area (Å²) in [5, 5.41) is 7.40. The number of benzene rings is 2. The molecule has 2 heterocycles. The third-order valence-corrected chi connectivity index (χ3v) is 4.69. The maximum absolute atomic E-state index is 11.6. The van der Waals surface area contributed by atoms with Gasteiger partial charge in [0.05, 0.1) is 12.7 Å². The summed E-state index contributed by atoms with van der Waals surface area (Å²) in [5.41, 5.74) is 4.01. The number of esters is 1. The predicted molar refractivity (Wildman–Crippen MR) is 102 cm³/mol.